The van der Waals surface area contributed by atoms with Crippen LogP contribution in [-0.2, 0) is 0 Å². The van der Waals surface area contributed by atoms with Crippen molar-refractivity contribution < 1.29 is 4.92 Å². The Labute approximate surface area is 135 Å². The van der Waals surface area contributed by atoms with E-state index in [1.54, 1.807) is 24.3 Å². The SMILES string of the molecule is N#Cc1ccccc1SSc1ccccc1C(N)=C[N+](=O)[O-]. The van der Waals surface area contributed by atoms with E-state index in [1.165, 1.54) is 21.6 Å². The first-order chi connectivity index (χ1) is 10.6. The average Bonchev–Trinajstić information content (AvgIpc) is 2.52. The highest BCUT2D eigenvalue weighted by molar-refractivity contribution is 8.76. The van der Waals surface area contributed by atoms with Crippen LogP contribution in [0.4, 0.5) is 0 Å². The Balaban J connectivity index is 2.24. The van der Waals surface area contributed by atoms with Crippen molar-refractivity contribution in [2.24, 2.45) is 5.73 Å². The minimum Gasteiger partial charge on any atom is -0.393 e. The van der Waals surface area contributed by atoms with Gasteiger partial charge in [0, 0.05) is 15.4 Å². The molecule has 2 aromatic rings. The normalized spacial score (nSPS) is 11.0. The van der Waals surface area contributed by atoms with E-state index < -0.39 is 4.92 Å². The van der Waals surface area contributed by atoms with E-state index in [2.05, 4.69) is 6.07 Å². The Morgan fingerprint density at radius 1 is 1.14 bits per heavy atom. The van der Waals surface area contributed by atoms with E-state index in [9.17, 15) is 10.1 Å². The molecule has 110 valence electrons. The van der Waals surface area contributed by atoms with Crippen LogP contribution in [0.15, 0.2) is 64.5 Å². The first kappa shape index (κ1) is 15.9. The van der Waals surface area contributed by atoms with Gasteiger partial charge in [-0.2, -0.15) is 5.26 Å². The molecule has 0 spiro atoms. The number of rotatable bonds is 5. The minimum absolute atomic E-state index is 0.0993. The number of hydrogen-bond acceptors (Lipinski definition) is 6. The van der Waals surface area contributed by atoms with Crippen LogP contribution in [0.3, 0.4) is 0 Å². The number of benzene rings is 2. The minimum atomic E-state index is -0.574. The zero-order valence-electron chi connectivity index (χ0n) is 11.3. The smallest absolute Gasteiger partial charge is 0.257 e. The molecule has 0 aliphatic rings. The summed E-state index contributed by atoms with van der Waals surface area (Å²) in [5.41, 5.74) is 7.06. The monoisotopic (exact) mass is 329 g/mol. The molecule has 0 aliphatic heterocycles. The van der Waals surface area contributed by atoms with Gasteiger partial charge >= 0.3 is 0 Å². The molecule has 2 N–H and O–H groups in total. The average molecular weight is 329 g/mol. The molecular weight excluding hydrogens is 318 g/mol. The highest BCUT2D eigenvalue weighted by atomic mass is 33.1. The van der Waals surface area contributed by atoms with Crippen molar-refractivity contribution in [1.82, 2.24) is 0 Å². The van der Waals surface area contributed by atoms with Crippen molar-refractivity contribution in [3.05, 3.63) is 76.0 Å². The summed E-state index contributed by atoms with van der Waals surface area (Å²) in [4.78, 5) is 11.6. The van der Waals surface area contributed by atoms with Crippen LogP contribution in [0, 0.1) is 21.4 Å². The van der Waals surface area contributed by atoms with Crippen LogP contribution in [0.5, 0.6) is 0 Å². The number of nitriles is 1. The van der Waals surface area contributed by atoms with Crippen molar-refractivity contribution in [3.8, 4) is 6.07 Å². The van der Waals surface area contributed by atoms with E-state index in [1.807, 2.05) is 24.3 Å². The fourth-order valence-electron chi connectivity index (χ4n) is 1.68. The van der Waals surface area contributed by atoms with Crippen molar-refractivity contribution in [2.75, 3.05) is 0 Å². The molecule has 0 aliphatic carbocycles. The summed E-state index contributed by atoms with van der Waals surface area (Å²) < 4.78 is 0. The number of nitro groups is 1. The highest BCUT2D eigenvalue weighted by Crippen LogP contribution is 2.41. The van der Waals surface area contributed by atoms with Gasteiger partial charge in [0.15, 0.2) is 0 Å². The Bertz CT molecular complexity index is 769. The topological polar surface area (TPSA) is 93.0 Å². The van der Waals surface area contributed by atoms with Crippen LogP contribution in [-0.4, -0.2) is 4.92 Å². The largest absolute Gasteiger partial charge is 0.393 e. The molecule has 7 heteroatoms. The van der Waals surface area contributed by atoms with Crippen molar-refractivity contribution in [3.63, 3.8) is 0 Å². The van der Waals surface area contributed by atoms with E-state index in [0.717, 1.165) is 16.0 Å². The van der Waals surface area contributed by atoms with Gasteiger partial charge in [-0.05, 0) is 18.2 Å². The Hall–Kier alpha value is -2.43. The van der Waals surface area contributed by atoms with Gasteiger partial charge in [0.25, 0.3) is 6.20 Å². The maximum atomic E-state index is 10.6. The molecule has 0 atom stereocenters. The molecule has 0 saturated carbocycles. The Kier molecular flexibility index (Phi) is 5.47. The van der Waals surface area contributed by atoms with E-state index in [-0.39, 0.29) is 5.70 Å². The summed E-state index contributed by atoms with van der Waals surface area (Å²) in [6.45, 7) is 0. The second-order valence-electron chi connectivity index (χ2n) is 4.14. The fraction of sp³-hybridized carbons (Fsp3) is 0. The molecule has 22 heavy (non-hydrogen) atoms. The van der Waals surface area contributed by atoms with Gasteiger partial charge in [-0.1, -0.05) is 51.9 Å². The molecule has 2 aromatic carbocycles. The number of nitrogens with zero attached hydrogens (tertiary/aromatic N) is 2. The van der Waals surface area contributed by atoms with E-state index in [0.29, 0.717) is 11.1 Å². The summed E-state index contributed by atoms with van der Waals surface area (Å²) in [5, 5.41) is 19.6. The lowest BCUT2D eigenvalue weighted by atomic mass is 10.2. The zero-order chi connectivity index (χ0) is 15.9. The third-order valence-electron chi connectivity index (χ3n) is 2.67. The molecule has 0 heterocycles. The lowest BCUT2D eigenvalue weighted by Gasteiger charge is -2.08. The Morgan fingerprint density at radius 3 is 2.41 bits per heavy atom. The fourth-order valence-corrected chi connectivity index (χ4v) is 4.02. The molecule has 0 fully saturated rings. The van der Waals surface area contributed by atoms with Crippen LogP contribution >= 0.6 is 21.6 Å². The summed E-state index contributed by atoms with van der Waals surface area (Å²) in [5.74, 6) is 0. The molecule has 0 radical (unpaired) electrons. The summed E-state index contributed by atoms with van der Waals surface area (Å²) >= 11 is 0. The van der Waals surface area contributed by atoms with E-state index >= 15 is 0 Å². The zero-order valence-corrected chi connectivity index (χ0v) is 12.9. The molecule has 0 amide bonds. The lowest BCUT2D eigenvalue weighted by Crippen LogP contribution is -2.01. The van der Waals surface area contributed by atoms with Crippen LogP contribution in [0.1, 0.15) is 11.1 Å². The van der Waals surface area contributed by atoms with Gasteiger partial charge in [-0.15, -0.1) is 0 Å². The summed E-state index contributed by atoms with van der Waals surface area (Å²) in [6, 6.07) is 16.6. The van der Waals surface area contributed by atoms with Crippen molar-refractivity contribution >= 4 is 27.3 Å². The molecular formula is C15H11N3O2S2. The third kappa shape index (κ3) is 4.04. The number of nitrogens with two attached hydrogens (primary N) is 1. The van der Waals surface area contributed by atoms with Gasteiger partial charge < -0.3 is 5.73 Å². The molecule has 0 bridgehead atoms. The second kappa shape index (κ2) is 7.54. The number of hydrogen-bond donors (Lipinski definition) is 1. The van der Waals surface area contributed by atoms with Gasteiger partial charge in [-0.25, -0.2) is 0 Å². The van der Waals surface area contributed by atoms with Crippen molar-refractivity contribution in [1.29, 1.82) is 5.26 Å². The lowest BCUT2D eigenvalue weighted by molar-refractivity contribution is -0.401. The molecule has 2 rings (SSSR count). The summed E-state index contributed by atoms with van der Waals surface area (Å²) in [7, 11) is 2.82. The van der Waals surface area contributed by atoms with E-state index in [4.69, 9.17) is 11.0 Å². The molecule has 0 saturated heterocycles. The van der Waals surface area contributed by atoms with Gasteiger partial charge in [0.1, 0.15) is 11.8 Å². The first-order valence-electron chi connectivity index (χ1n) is 6.15. The maximum absolute atomic E-state index is 10.6. The van der Waals surface area contributed by atoms with Gasteiger partial charge in [-0.3, -0.25) is 10.1 Å². The summed E-state index contributed by atoms with van der Waals surface area (Å²) in [6.07, 6.45) is 0.785. The second-order valence-corrected chi connectivity index (χ2v) is 6.35. The molecule has 5 nitrogen and oxygen atoms in total. The van der Waals surface area contributed by atoms with Gasteiger partial charge in [0.2, 0.25) is 0 Å². The Morgan fingerprint density at radius 2 is 1.73 bits per heavy atom. The molecule has 0 unspecified atom stereocenters. The quantitative estimate of drug-likeness (QED) is 0.508. The van der Waals surface area contributed by atoms with Crippen molar-refractivity contribution in [2.45, 2.75) is 9.79 Å². The van der Waals surface area contributed by atoms with Crippen LogP contribution < -0.4 is 5.73 Å². The van der Waals surface area contributed by atoms with Crippen LogP contribution in [0.2, 0.25) is 0 Å². The predicted octanol–water partition coefficient (Wildman–Crippen LogP) is 3.89. The standard InChI is InChI=1S/C15H11N3O2S2/c16-9-11-5-1-3-7-14(11)21-22-15-8-4-2-6-12(15)13(17)10-18(19)20/h1-8,10H,17H2. The van der Waals surface area contributed by atoms with Gasteiger partial charge in [0.05, 0.1) is 10.5 Å². The first-order valence-corrected chi connectivity index (χ1v) is 8.30. The highest BCUT2D eigenvalue weighted by Gasteiger charge is 2.10. The predicted molar refractivity (Wildman–Crippen MR) is 88.5 cm³/mol. The maximum Gasteiger partial charge on any atom is 0.257 e. The third-order valence-corrected chi connectivity index (χ3v) is 5.15. The van der Waals surface area contributed by atoms with Crippen LogP contribution in [0.25, 0.3) is 5.70 Å². The molecule has 0 aromatic heterocycles.